The number of thiazole rings is 1. The molecule has 1 fully saturated rings. The topological polar surface area (TPSA) is 39.6 Å². The van der Waals surface area contributed by atoms with Gasteiger partial charge in [-0.05, 0) is 33.1 Å². The molecule has 120 valence electrons. The van der Waals surface area contributed by atoms with Crippen LogP contribution in [0.3, 0.4) is 0 Å². The Morgan fingerprint density at radius 2 is 1.86 bits per heavy atom. The van der Waals surface area contributed by atoms with Crippen molar-refractivity contribution in [1.29, 1.82) is 0 Å². The molecule has 0 spiro atoms. The van der Waals surface area contributed by atoms with Gasteiger partial charge in [-0.1, -0.05) is 25.2 Å². The molecule has 0 amide bonds. The predicted octanol–water partition coefficient (Wildman–Crippen LogP) is 3.07. The van der Waals surface area contributed by atoms with Gasteiger partial charge in [-0.15, -0.1) is 0 Å². The van der Waals surface area contributed by atoms with Gasteiger partial charge in [0.25, 0.3) is 0 Å². The molecule has 0 aliphatic carbocycles. The molecule has 0 aromatic carbocycles. The van der Waals surface area contributed by atoms with Crippen LogP contribution in [0, 0.1) is 0 Å². The molecule has 2 rings (SSSR count). The minimum atomic E-state index is 0.110. The van der Waals surface area contributed by atoms with Crippen LogP contribution in [0.25, 0.3) is 0 Å². The van der Waals surface area contributed by atoms with E-state index in [0.717, 1.165) is 48.3 Å². The lowest BCUT2D eigenvalue weighted by Crippen LogP contribution is -2.53. The third kappa shape index (κ3) is 3.76. The van der Waals surface area contributed by atoms with Crippen LogP contribution in [0.1, 0.15) is 57.5 Å². The summed E-state index contributed by atoms with van der Waals surface area (Å²) in [4.78, 5) is 10.8. The molecule has 1 saturated heterocycles. The summed E-state index contributed by atoms with van der Waals surface area (Å²) in [6.45, 7) is 15.5. The van der Waals surface area contributed by atoms with Crippen molar-refractivity contribution >= 4 is 16.5 Å². The van der Waals surface area contributed by atoms with Crippen LogP contribution in [-0.4, -0.2) is 46.7 Å². The number of hydrogen-bond acceptors (Lipinski definition) is 5. The predicted molar refractivity (Wildman–Crippen MR) is 90.3 cm³/mol. The van der Waals surface area contributed by atoms with E-state index >= 15 is 0 Å². The van der Waals surface area contributed by atoms with Crippen molar-refractivity contribution in [2.45, 2.75) is 59.1 Å². The highest BCUT2D eigenvalue weighted by molar-refractivity contribution is 7.15. The van der Waals surface area contributed by atoms with Crippen LogP contribution < -0.4 is 4.90 Å². The number of aromatic nitrogens is 1. The molecule has 1 aliphatic heterocycles. The summed E-state index contributed by atoms with van der Waals surface area (Å²) in [6.07, 6.45) is 1.06. The molecular weight excluding hydrogens is 282 g/mol. The molecule has 5 heteroatoms. The summed E-state index contributed by atoms with van der Waals surface area (Å²) >= 11 is 1.66. The Balaban J connectivity index is 2.08. The van der Waals surface area contributed by atoms with E-state index in [-0.39, 0.29) is 12.1 Å². The Morgan fingerprint density at radius 3 is 2.33 bits per heavy atom. The number of aliphatic hydroxyl groups is 1. The first-order chi connectivity index (χ1) is 9.86. The number of anilines is 1. The summed E-state index contributed by atoms with van der Waals surface area (Å²) in [7, 11) is 0. The van der Waals surface area contributed by atoms with Crippen molar-refractivity contribution in [1.82, 2.24) is 9.88 Å². The lowest BCUT2D eigenvalue weighted by molar-refractivity contribution is 0.128. The minimum Gasteiger partial charge on any atom is -0.391 e. The van der Waals surface area contributed by atoms with Crippen molar-refractivity contribution in [2.24, 2.45) is 0 Å². The average Bonchev–Trinajstić information content (AvgIpc) is 2.90. The van der Waals surface area contributed by atoms with E-state index in [4.69, 9.17) is 4.98 Å². The Hall–Kier alpha value is -0.650. The molecule has 21 heavy (non-hydrogen) atoms. The summed E-state index contributed by atoms with van der Waals surface area (Å²) in [5.41, 5.74) is 1.34. The molecule has 4 nitrogen and oxygen atoms in total. The SMILES string of the molecule is CCC(C)c1nc(N2CCN(C(C)(C)C)CC2)sc1CO. The molecule has 1 aliphatic rings. The second-order valence-electron chi connectivity index (χ2n) is 6.92. The van der Waals surface area contributed by atoms with Crippen molar-refractivity contribution < 1.29 is 5.11 Å². The zero-order valence-corrected chi connectivity index (χ0v) is 14.8. The summed E-state index contributed by atoms with van der Waals surface area (Å²) in [6, 6.07) is 0. The standard InChI is InChI=1S/C16H29N3OS/c1-6-12(2)14-13(11-20)21-15(17-14)18-7-9-19(10-8-18)16(3,4)5/h12,20H,6-11H2,1-5H3. The van der Waals surface area contributed by atoms with Gasteiger partial charge < -0.3 is 10.0 Å². The number of piperazine rings is 1. The monoisotopic (exact) mass is 311 g/mol. The van der Waals surface area contributed by atoms with Crippen LogP contribution in [0.4, 0.5) is 5.13 Å². The van der Waals surface area contributed by atoms with E-state index in [1.165, 1.54) is 0 Å². The zero-order chi connectivity index (χ0) is 15.6. The zero-order valence-electron chi connectivity index (χ0n) is 14.0. The van der Waals surface area contributed by atoms with Crippen LogP contribution in [0.2, 0.25) is 0 Å². The summed E-state index contributed by atoms with van der Waals surface area (Å²) in [5.74, 6) is 0.424. The molecule has 0 saturated carbocycles. The second kappa shape index (κ2) is 6.63. The first-order valence-electron chi connectivity index (χ1n) is 7.97. The van der Waals surface area contributed by atoms with Gasteiger partial charge >= 0.3 is 0 Å². The maximum absolute atomic E-state index is 9.57. The highest BCUT2D eigenvalue weighted by Crippen LogP contribution is 2.33. The Morgan fingerprint density at radius 1 is 1.24 bits per heavy atom. The van der Waals surface area contributed by atoms with Crippen molar-refractivity contribution in [3.8, 4) is 0 Å². The average molecular weight is 311 g/mol. The van der Waals surface area contributed by atoms with E-state index in [2.05, 4.69) is 44.4 Å². The maximum Gasteiger partial charge on any atom is 0.185 e. The molecule has 1 aromatic rings. The van der Waals surface area contributed by atoms with Crippen LogP contribution in [-0.2, 0) is 6.61 Å². The third-order valence-corrected chi connectivity index (χ3v) is 5.55. The number of nitrogens with zero attached hydrogens (tertiary/aromatic N) is 3. The molecule has 1 atom stereocenters. The van der Waals surface area contributed by atoms with Crippen LogP contribution >= 0.6 is 11.3 Å². The highest BCUT2D eigenvalue weighted by Gasteiger charge is 2.27. The normalized spacial score (nSPS) is 19.0. The van der Waals surface area contributed by atoms with Crippen molar-refractivity contribution in [2.75, 3.05) is 31.1 Å². The third-order valence-electron chi connectivity index (χ3n) is 4.44. The number of rotatable bonds is 4. The molecule has 2 heterocycles. The van der Waals surface area contributed by atoms with Gasteiger partial charge in [0.2, 0.25) is 0 Å². The fourth-order valence-corrected chi connectivity index (χ4v) is 3.84. The largest absolute Gasteiger partial charge is 0.391 e. The molecule has 0 radical (unpaired) electrons. The fraction of sp³-hybridized carbons (Fsp3) is 0.812. The van der Waals surface area contributed by atoms with Gasteiger partial charge in [-0.25, -0.2) is 4.98 Å². The van der Waals surface area contributed by atoms with Crippen LogP contribution in [0.15, 0.2) is 0 Å². The van der Waals surface area contributed by atoms with Crippen molar-refractivity contribution in [3.63, 3.8) is 0 Å². The van der Waals surface area contributed by atoms with Gasteiger partial charge in [0.15, 0.2) is 5.13 Å². The summed E-state index contributed by atoms with van der Waals surface area (Å²) in [5, 5.41) is 10.7. The lowest BCUT2D eigenvalue weighted by atomic mass is 10.0. The van der Waals surface area contributed by atoms with E-state index < -0.39 is 0 Å². The molecule has 1 aromatic heterocycles. The Labute approximate surface area is 132 Å². The quantitative estimate of drug-likeness (QED) is 0.927. The molecule has 0 bridgehead atoms. The van der Waals surface area contributed by atoms with Gasteiger partial charge in [-0.3, -0.25) is 4.90 Å². The van der Waals surface area contributed by atoms with E-state index in [0.29, 0.717) is 5.92 Å². The molecule has 1 N–H and O–H groups in total. The molecule has 1 unspecified atom stereocenters. The van der Waals surface area contributed by atoms with E-state index in [9.17, 15) is 5.11 Å². The van der Waals surface area contributed by atoms with Gasteiger partial charge in [0, 0.05) is 31.7 Å². The highest BCUT2D eigenvalue weighted by atomic mass is 32.1. The first kappa shape index (κ1) is 16.7. The van der Waals surface area contributed by atoms with E-state index in [1.54, 1.807) is 11.3 Å². The van der Waals surface area contributed by atoms with Crippen molar-refractivity contribution in [3.05, 3.63) is 10.6 Å². The lowest BCUT2D eigenvalue weighted by Gasteiger charge is -2.42. The fourth-order valence-electron chi connectivity index (χ4n) is 2.75. The smallest absolute Gasteiger partial charge is 0.185 e. The Kier molecular flexibility index (Phi) is 5.28. The van der Waals surface area contributed by atoms with Gasteiger partial charge in [-0.2, -0.15) is 0 Å². The van der Waals surface area contributed by atoms with Crippen LogP contribution in [0.5, 0.6) is 0 Å². The second-order valence-corrected chi connectivity index (χ2v) is 7.98. The van der Waals surface area contributed by atoms with Gasteiger partial charge in [0.05, 0.1) is 17.2 Å². The van der Waals surface area contributed by atoms with Gasteiger partial charge in [0.1, 0.15) is 0 Å². The molecular formula is C16H29N3OS. The minimum absolute atomic E-state index is 0.110. The number of hydrogen-bond donors (Lipinski definition) is 1. The summed E-state index contributed by atoms with van der Waals surface area (Å²) < 4.78 is 0. The Bertz CT molecular complexity index is 459. The first-order valence-corrected chi connectivity index (χ1v) is 8.79. The maximum atomic E-state index is 9.57. The van der Waals surface area contributed by atoms with E-state index in [1.807, 2.05) is 0 Å². The number of aliphatic hydroxyl groups excluding tert-OH is 1.